The Bertz CT molecular complexity index is 1260. The first-order valence-corrected chi connectivity index (χ1v) is 13.0. The number of fused-ring (bicyclic) bond motifs is 1. The lowest BCUT2D eigenvalue weighted by molar-refractivity contribution is 0.0191. The number of halogens is 1. The van der Waals surface area contributed by atoms with Crippen LogP contribution in [0.1, 0.15) is 44.0 Å². The number of methoxy groups -OCH3 is 1. The number of aromatic nitrogens is 3. The fraction of sp³-hybridized carbons (Fsp3) is 0.519. The number of rotatable bonds is 7. The smallest absolute Gasteiger partial charge is 0.254 e. The quantitative estimate of drug-likeness (QED) is 0.504. The van der Waals surface area contributed by atoms with Crippen LogP contribution in [-0.4, -0.2) is 72.0 Å². The first-order chi connectivity index (χ1) is 17.9. The third-order valence-electron chi connectivity index (χ3n) is 7.34. The maximum atomic E-state index is 15.7. The van der Waals surface area contributed by atoms with Gasteiger partial charge in [-0.3, -0.25) is 4.79 Å². The largest absolute Gasteiger partial charge is 0.494 e. The minimum Gasteiger partial charge on any atom is -0.494 e. The molecule has 2 aliphatic heterocycles. The molecule has 4 heterocycles. The van der Waals surface area contributed by atoms with E-state index >= 15 is 4.39 Å². The number of nitrogens with zero attached hydrogens (tertiary/aromatic N) is 4. The van der Waals surface area contributed by atoms with E-state index in [1.54, 1.807) is 13.1 Å². The molecule has 9 nitrogen and oxygen atoms in total. The fourth-order valence-corrected chi connectivity index (χ4v) is 5.48. The molecule has 2 N–H and O–H groups in total. The fourth-order valence-electron chi connectivity index (χ4n) is 5.48. The van der Waals surface area contributed by atoms with E-state index in [4.69, 9.17) is 19.4 Å². The molecular formula is C27H35FN6O3. The lowest BCUT2D eigenvalue weighted by atomic mass is 10.1. The van der Waals surface area contributed by atoms with E-state index in [0.29, 0.717) is 55.4 Å². The number of nitrogens with one attached hydrogen (secondary N) is 2. The normalized spacial score (nSPS) is 22.0. The van der Waals surface area contributed by atoms with Gasteiger partial charge in [-0.25, -0.2) is 14.4 Å². The zero-order valence-corrected chi connectivity index (χ0v) is 21.9. The molecule has 0 unspecified atom stereocenters. The molecule has 10 heteroatoms. The molecule has 3 atom stereocenters. The first kappa shape index (κ1) is 25.4. The van der Waals surface area contributed by atoms with Gasteiger partial charge in [0, 0.05) is 43.5 Å². The number of carbonyl (C=O) groups excluding carboxylic acids is 1. The molecule has 198 valence electrons. The summed E-state index contributed by atoms with van der Waals surface area (Å²) in [6.45, 7) is 9.12. The van der Waals surface area contributed by atoms with E-state index in [9.17, 15) is 4.79 Å². The van der Waals surface area contributed by atoms with Crippen molar-refractivity contribution in [1.82, 2.24) is 25.2 Å². The van der Waals surface area contributed by atoms with E-state index in [1.165, 1.54) is 13.2 Å². The second-order valence-corrected chi connectivity index (χ2v) is 9.83. The van der Waals surface area contributed by atoms with E-state index in [0.717, 1.165) is 30.8 Å². The van der Waals surface area contributed by atoms with Gasteiger partial charge in [0.05, 0.1) is 31.9 Å². The molecule has 2 aromatic heterocycles. The predicted octanol–water partition coefficient (Wildman–Crippen LogP) is 3.36. The van der Waals surface area contributed by atoms with Crippen molar-refractivity contribution in [3.63, 3.8) is 0 Å². The lowest BCUT2D eigenvalue weighted by Gasteiger charge is -2.27. The van der Waals surface area contributed by atoms with Crippen LogP contribution in [0.2, 0.25) is 0 Å². The van der Waals surface area contributed by atoms with E-state index in [-0.39, 0.29) is 17.2 Å². The van der Waals surface area contributed by atoms with Gasteiger partial charge in [0.15, 0.2) is 5.82 Å². The molecule has 0 radical (unpaired) electrons. The van der Waals surface area contributed by atoms with Gasteiger partial charge in [0.2, 0.25) is 0 Å². The summed E-state index contributed by atoms with van der Waals surface area (Å²) in [7, 11) is 1.51. The Balaban J connectivity index is 1.63. The van der Waals surface area contributed by atoms with Crippen LogP contribution in [0.4, 0.5) is 10.2 Å². The number of morpholine rings is 1. The van der Waals surface area contributed by atoms with Gasteiger partial charge in [0.25, 0.3) is 5.91 Å². The SMILES string of the molecule is CCNC(=O)c1cc(OC)c2c(nc(-c3ccc(N4[C@@H](C)CC[C@@H]4C)nc3)n2C[C@@H]2CNCCO2)c1F. The number of hydrogen-bond acceptors (Lipinski definition) is 7. The van der Waals surface area contributed by atoms with Gasteiger partial charge in [0.1, 0.15) is 28.4 Å². The standard InChI is InChI=1S/C27H35FN6O3/c1-5-30-27(35)20-12-21(36-4)25-24(23(20)28)32-26(33(25)15-19-14-29-10-11-37-19)18-8-9-22(31-13-18)34-16(2)6-7-17(34)3/h8-9,12-13,16-17,19,29H,5-7,10-11,14-15H2,1-4H3,(H,30,35)/t16-,17-,19-/m0/s1. The first-order valence-electron chi connectivity index (χ1n) is 13.0. The molecule has 0 bridgehead atoms. The average molecular weight is 511 g/mol. The van der Waals surface area contributed by atoms with Crippen molar-refractivity contribution >= 4 is 22.8 Å². The highest BCUT2D eigenvalue weighted by atomic mass is 19.1. The number of carbonyl (C=O) groups is 1. The molecule has 1 aromatic carbocycles. The average Bonchev–Trinajstić information content (AvgIpc) is 3.45. The molecule has 0 spiro atoms. The minimum atomic E-state index is -0.672. The molecule has 2 aliphatic rings. The topological polar surface area (TPSA) is 93.5 Å². The second-order valence-electron chi connectivity index (χ2n) is 9.83. The third kappa shape index (κ3) is 4.75. The lowest BCUT2D eigenvalue weighted by Crippen LogP contribution is -2.40. The van der Waals surface area contributed by atoms with E-state index in [1.807, 2.05) is 16.7 Å². The summed E-state index contributed by atoms with van der Waals surface area (Å²) < 4.78 is 29.3. The second kappa shape index (κ2) is 10.6. The monoisotopic (exact) mass is 510 g/mol. The van der Waals surface area contributed by atoms with Crippen LogP contribution in [-0.2, 0) is 11.3 Å². The predicted molar refractivity (Wildman–Crippen MR) is 141 cm³/mol. The summed E-state index contributed by atoms with van der Waals surface area (Å²) in [4.78, 5) is 24.4. The van der Waals surface area contributed by atoms with Crippen LogP contribution in [0.15, 0.2) is 24.4 Å². The summed E-state index contributed by atoms with van der Waals surface area (Å²) in [5.74, 6) is 0.677. The molecule has 5 rings (SSSR count). The van der Waals surface area contributed by atoms with Gasteiger partial charge >= 0.3 is 0 Å². The number of hydrogen-bond donors (Lipinski definition) is 2. The molecule has 2 fully saturated rings. The van der Waals surface area contributed by atoms with E-state index < -0.39 is 11.7 Å². The maximum Gasteiger partial charge on any atom is 0.254 e. The summed E-state index contributed by atoms with van der Waals surface area (Å²) in [5.41, 5.74) is 1.24. The molecule has 1 amide bonds. The van der Waals surface area contributed by atoms with E-state index in [2.05, 4.69) is 29.4 Å². The number of ether oxygens (including phenoxy) is 2. The Kier molecular flexibility index (Phi) is 7.30. The highest BCUT2D eigenvalue weighted by molar-refractivity contribution is 6.00. The molecular weight excluding hydrogens is 475 g/mol. The van der Waals surface area contributed by atoms with Gasteiger partial charge in [-0.1, -0.05) is 0 Å². The number of anilines is 1. The van der Waals surface area contributed by atoms with Crippen LogP contribution in [0, 0.1) is 5.82 Å². The Labute approximate surface area is 216 Å². The highest BCUT2D eigenvalue weighted by Crippen LogP contribution is 2.36. The third-order valence-corrected chi connectivity index (χ3v) is 7.34. The van der Waals surface area contributed by atoms with Crippen molar-refractivity contribution in [2.24, 2.45) is 0 Å². The van der Waals surface area contributed by atoms with Gasteiger partial charge in [-0.05, 0) is 51.8 Å². The van der Waals surface area contributed by atoms with Gasteiger partial charge in [-0.15, -0.1) is 0 Å². The Morgan fingerprint density at radius 1 is 1.30 bits per heavy atom. The highest BCUT2D eigenvalue weighted by Gasteiger charge is 2.29. The Morgan fingerprint density at radius 2 is 2.08 bits per heavy atom. The Hall–Kier alpha value is -3.24. The summed E-state index contributed by atoms with van der Waals surface area (Å²) >= 11 is 0. The molecule has 37 heavy (non-hydrogen) atoms. The van der Waals surface area contributed by atoms with Crippen LogP contribution in [0.5, 0.6) is 5.75 Å². The number of benzene rings is 1. The van der Waals surface area contributed by atoms with Crippen LogP contribution in [0.25, 0.3) is 22.4 Å². The van der Waals surface area contributed by atoms with Crippen molar-refractivity contribution in [3.8, 4) is 17.1 Å². The van der Waals surface area contributed by atoms with Crippen LogP contribution < -0.4 is 20.3 Å². The van der Waals surface area contributed by atoms with Gasteiger partial charge < -0.3 is 29.6 Å². The van der Waals surface area contributed by atoms with Crippen molar-refractivity contribution in [3.05, 3.63) is 35.8 Å². The molecule has 0 aliphatic carbocycles. The number of pyridine rings is 1. The van der Waals surface area contributed by atoms with Crippen molar-refractivity contribution in [1.29, 1.82) is 0 Å². The van der Waals surface area contributed by atoms with Crippen molar-refractivity contribution < 1.29 is 18.7 Å². The summed E-state index contributed by atoms with van der Waals surface area (Å²) in [6.07, 6.45) is 3.95. The van der Waals surface area contributed by atoms with Crippen molar-refractivity contribution in [2.75, 3.05) is 38.3 Å². The minimum absolute atomic E-state index is 0.0882. The summed E-state index contributed by atoms with van der Waals surface area (Å²) in [6, 6.07) is 6.29. The van der Waals surface area contributed by atoms with Crippen molar-refractivity contribution in [2.45, 2.75) is 58.3 Å². The van der Waals surface area contributed by atoms with Crippen LogP contribution in [0.3, 0.4) is 0 Å². The zero-order chi connectivity index (χ0) is 26.1. The molecule has 3 aromatic rings. The molecule has 2 saturated heterocycles. The number of imidazole rings is 1. The number of amides is 1. The molecule has 0 saturated carbocycles. The van der Waals surface area contributed by atoms with Crippen LogP contribution >= 0.6 is 0 Å². The van der Waals surface area contributed by atoms with Gasteiger partial charge in [-0.2, -0.15) is 0 Å². The zero-order valence-electron chi connectivity index (χ0n) is 21.9. The summed E-state index contributed by atoms with van der Waals surface area (Å²) in [5, 5.41) is 6.01. The maximum absolute atomic E-state index is 15.7. The Morgan fingerprint density at radius 3 is 2.70 bits per heavy atom.